The van der Waals surface area contributed by atoms with Crippen LogP contribution in [0.25, 0.3) is 21.9 Å². The number of nitrogens with zero attached hydrogens (tertiary/aromatic N) is 3. The highest BCUT2D eigenvalue weighted by Crippen LogP contribution is 2.26. The van der Waals surface area contributed by atoms with Crippen molar-refractivity contribution in [3.05, 3.63) is 36.3 Å². The Kier molecular flexibility index (Phi) is 10.1. The van der Waals surface area contributed by atoms with Crippen molar-refractivity contribution in [2.24, 2.45) is 0 Å². The molecule has 0 aliphatic carbocycles. The fourth-order valence-corrected chi connectivity index (χ4v) is 4.62. The molecule has 35 heavy (non-hydrogen) atoms. The Morgan fingerprint density at radius 1 is 1.06 bits per heavy atom. The average molecular weight is 499 g/mol. The van der Waals surface area contributed by atoms with E-state index in [1.807, 2.05) is 39.0 Å². The first-order valence-corrected chi connectivity index (χ1v) is 13.2. The average Bonchev–Trinajstić information content (AvgIpc) is 3.16. The van der Waals surface area contributed by atoms with Gasteiger partial charge in [0.15, 0.2) is 0 Å². The summed E-state index contributed by atoms with van der Waals surface area (Å²) in [6.45, 7) is 7.62. The van der Waals surface area contributed by atoms with Gasteiger partial charge in [-0.05, 0) is 45.4 Å². The standard InChI is InChI=1S/C27H38N4O3S/c1-4-34-18-24-29-23-17-28-22-13-10-9-12-21(22)26(23)31(24)19-27(2,3)30-25(33)14-8-6-5-7-11-20(32)15-16-35/h9-10,12-13,17,35H,4-8,11,14-16,18-19H2,1-3H3,(H,30,33). The number of ketones is 1. The molecule has 1 amide bonds. The number of hydrogen-bond acceptors (Lipinski definition) is 6. The van der Waals surface area contributed by atoms with Crippen LogP contribution in [0.2, 0.25) is 0 Å². The van der Waals surface area contributed by atoms with Gasteiger partial charge in [-0.25, -0.2) is 4.98 Å². The molecular formula is C27H38N4O3S. The second-order valence-electron chi connectivity index (χ2n) is 9.62. The van der Waals surface area contributed by atoms with Crippen LogP contribution in [0.15, 0.2) is 30.5 Å². The van der Waals surface area contributed by atoms with E-state index < -0.39 is 5.54 Å². The molecule has 8 heteroatoms. The summed E-state index contributed by atoms with van der Waals surface area (Å²) in [5.74, 6) is 1.76. The van der Waals surface area contributed by atoms with E-state index in [0.29, 0.717) is 44.8 Å². The number of thiol groups is 1. The molecule has 3 aromatic rings. The highest BCUT2D eigenvalue weighted by Gasteiger charge is 2.25. The number of pyridine rings is 1. The van der Waals surface area contributed by atoms with E-state index >= 15 is 0 Å². The van der Waals surface area contributed by atoms with Gasteiger partial charge in [0.05, 0.1) is 22.8 Å². The molecule has 0 bridgehead atoms. The van der Waals surface area contributed by atoms with E-state index in [1.54, 1.807) is 6.20 Å². The number of Topliss-reactive ketones (excluding diaryl/α,β-unsaturated/α-hetero) is 1. The summed E-state index contributed by atoms with van der Waals surface area (Å²) in [4.78, 5) is 33.6. The zero-order chi connectivity index (χ0) is 25.3. The summed E-state index contributed by atoms with van der Waals surface area (Å²) in [6, 6.07) is 8.04. The molecule has 0 saturated heterocycles. The number of aromatic nitrogens is 3. The third kappa shape index (κ3) is 7.77. The number of carbonyl (C=O) groups is 2. The number of nitrogens with one attached hydrogen (secondary N) is 1. The van der Waals surface area contributed by atoms with E-state index in [-0.39, 0.29) is 11.7 Å². The van der Waals surface area contributed by atoms with Crippen LogP contribution in [0.1, 0.15) is 71.5 Å². The first kappa shape index (κ1) is 27.1. The molecule has 2 heterocycles. The summed E-state index contributed by atoms with van der Waals surface area (Å²) in [5.41, 5.74) is 2.28. The normalized spacial score (nSPS) is 11.9. The summed E-state index contributed by atoms with van der Waals surface area (Å²) >= 11 is 4.10. The Morgan fingerprint density at radius 2 is 1.80 bits per heavy atom. The molecule has 0 atom stereocenters. The monoisotopic (exact) mass is 498 g/mol. The summed E-state index contributed by atoms with van der Waals surface area (Å²) in [5, 5.41) is 4.25. The molecule has 0 fully saturated rings. The van der Waals surface area contributed by atoms with Gasteiger partial charge in [0, 0.05) is 37.8 Å². The van der Waals surface area contributed by atoms with Gasteiger partial charge in [0.25, 0.3) is 0 Å². The molecule has 0 aliphatic heterocycles. The van der Waals surface area contributed by atoms with Crippen molar-refractivity contribution in [3.63, 3.8) is 0 Å². The van der Waals surface area contributed by atoms with E-state index in [2.05, 4.69) is 33.6 Å². The van der Waals surface area contributed by atoms with Gasteiger partial charge >= 0.3 is 0 Å². The number of ether oxygens (including phenoxy) is 1. The van der Waals surface area contributed by atoms with Crippen molar-refractivity contribution in [1.82, 2.24) is 19.9 Å². The van der Waals surface area contributed by atoms with E-state index in [4.69, 9.17) is 9.72 Å². The zero-order valence-electron chi connectivity index (χ0n) is 21.2. The first-order valence-electron chi connectivity index (χ1n) is 12.6. The lowest BCUT2D eigenvalue weighted by atomic mass is 10.0. The second kappa shape index (κ2) is 13.0. The number of fused-ring (bicyclic) bond motifs is 3. The SMILES string of the molecule is CCOCc1nc2cnc3ccccc3c2n1CC(C)(C)NC(=O)CCCCCCC(=O)CCS. The van der Waals surface area contributed by atoms with E-state index in [0.717, 1.165) is 53.4 Å². The fraction of sp³-hybridized carbons (Fsp3) is 0.556. The number of para-hydroxylation sites is 1. The Balaban J connectivity index is 1.64. The molecule has 7 nitrogen and oxygen atoms in total. The molecular weight excluding hydrogens is 460 g/mol. The Hall–Kier alpha value is -2.45. The quantitative estimate of drug-likeness (QED) is 0.221. The van der Waals surface area contributed by atoms with Crippen molar-refractivity contribution in [2.45, 2.75) is 84.4 Å². The minimum Gasteiger partial charge on any atom is -0.374 e. The zero-order valence-corrected chi connectivity index (χ0v) is 22.1. The van der Waals surface area contributed by atoms with Crippen molar-refractivity contribution in [1.29, 1.82) is 0 Å². The maximum atomic E-state index is 12.7. The highest BCUT2D eigenvalue weighted by molar-refractivity contribution is 7.80. The molecule has 0 aliphatic rings. The van der Waals surface area contributed by atoms with Gasteiger partial charge in [-0.1, -0.05) is 31.0 Å². The van der Waals surface area contributed by atoms with Crippen LogP contribution in [0.4, 0.5) is 0 Å². The topological polar surface area (TPSA) is 86.1 Å². The van der Waals surface area contributed by atoms with Crippen molar-refractivity contribution < 1.29 is 14.3 Å². The molecule has 1 aromatic carbocycles. The lowest BCUT2D eigenvalue weighted by Crippen LogP contribution is -2.46. The minimum atomic E-state index is -0.477. The lowest BCUT2D eigenvalue weighted by Gasteiger charge is -2.28. The molecule has 2 aromatic heterocycles. The van der Waals surface area contributed by atoms with Gasteiger partial charge in [-0.3, -0.25) is 14.6 Å². The maximum Gasteiger partial charge on any atom is 0.220 e. The van der Waals surface area contributed by atoms with Gasteiger partial charge in [-0.2, -0.15) is 12.6 Å². The predicted molar refractivity (Wildman–Crippen MR) is 144 cm³/mol. The predicted octanol–water partition coefficient (Wildman–Crippen LogP) is 5.25. The number of rotatable bonds is 15. The van der Waals surface area contributed by atoms with Crippen LogP contribution in [0, 0.1) is 0 Å². The van der Waals surface area contributed by atoms with Crippen LogP contribution >= 0.6 is 12.6 Å². The van der Waals surface area contributed by atoms with Crippen molar-refractivity contribution >= 4 is 46.3 Å². The number of imidazole rings is 1. The van der Waals surface area contributed by atoms with Gasteiger partial charge < -0.3 is 14.6 Å². The summed E-state index contributed by atoms with van der Waals surface area (Å²) in [6.07, 6.45) is 7.09. The minimum absolute atomic E-state index is 0.0449. The van der Waals surface area contributed by atoms with E-state index in [1.165, 1.54) is 0 Å². The number of benzene rings is 1. The molecule has 3 rings (SSSR count). The number of unbranched alkanes of at least 4 members (excludes halogenated alkanes) is 3. The van der Waals surface area contributed by atoms with E-state index in [9.17, 15) is 9.59 Å². The highest BCUT2D eigenvalue weighted by atomic mass is 32.1. The lowest BCUT2D eigenvalue weighted by molar-refractivity contribution is -0.123. The third-order valence-electron chi connectivity index (χ3n) is 6.03. The molecule has 0 saturated carbocycles. The molecule has 1 N–H and O–H groups in total. The van der Waals surface area contributed by atoms with Crippen molar-refractivity contribution in [2.75, 3.05) is 12.4 Å². The van der Waals surface area contributed by atoms with Crippen LogP contribution in [0.3, 0.4) is 0 Å². The largest absolute Gasteiger partial charge is 0.374 e. The van der Waals surface area contributed by atoms with Crippen molar-refractivity contribution in [3.8, 4) is 0 Å². The third-order valence-corrected chi connectivity index (χ3v) is 6.25. The molecule has 0 spiro atoms. The Morgan fingerprint density at radius 3 is 2.54 bits per heavy atom. The fourth-order valence-electron chi connectivity index (χ4n) is 4.37. The summed E-state index contributed by atoms with van der Waals surface area (Å²) in [7, 11) is 0. The maximum absolute atomic E-state index is 12.7. The van der Waals surface area contributed by atoms with Gasteiger partial charge in [-0.15, -0.1) is 0 Å². The molecule has 190 valence electrons. The van der Waals surface area contributed by atoms with Crippen LogP contribution in [-0.4, -0.2) is 44.1 Å². The number of carbonyl (C=O) groups excluding carboxylic acids is 2. The Bertz CT molecular complexity index is 1140. The Labute approximate surface area is 213 Å². The molecule has 0 unspecified atom stereocenters. The second-order valence-corrected chi connectivity index (χ2v) is 10.1. The summed E-state index contributed by atoms with van der Waals surface area (Å²) < 4.78 is 7.86. The smallest absolute Gasteiger partial charge is 0.220 e. The van der Waals surface area contributed by atoms with Crippen LogP contribution < -0.4 is 5.32 Å². The van der Waals surface area contributed by atoms with Crippen LogP contribution in [0.5, 0.6) is 0 Å². The number of hydrogen-bond donors (Lipinski definition) is 2. The van der Waals surface area contributed by atoms with Crippen LogP contribution in [-0.2, 0) is 27.5 Å². The first-order chi connectivity index (χ1) is 16.8. The van der Waals surface area contributed by atoms with Gasteiger partial charge in [0.1, 0.15) is 23.7 Å². The molecule has 0 radical (unpaired) electrons. The van der Waals surface area contributed by atoms with Gasteiger partial charge in [0.2, 0.25) is 5.91 Å². The number of amides is 1.